The van der Waals surface area contributed by atoms with Crippen molar-refractivity contribution in [2.45, 2.75) is 122 Å². The summed E-state index contributed by atoms with van der Waals surface area (Å²) in [7, 11) is -1.84. The minimum absolute atomic E-state index is 0.0818. The molecule has 0 aromatic rings. The number of ether oxygens (including phenoxy) is 1. The van der Waals surface area contributed by atoms with Crippen LogP contribution in [0.25, 0.3) is 0 Å². The Morgan fingerprint density at radius 1 is 1.19 bits per heavy atom. The first-order chi connectivity index (χ1) is 11.9. The Labute approximate surface area is 162 Å². The van der Waals surface area contributed by atoms with Crippen molar-refractivity contribution in [3.8, 4) is 0 Å². The van der Waals surface area contributed by atoms with Crippen LogP contribution in [0.4, 0.5) is 0 Å². The van der Waals surface area contributed by atoms with Crippen molar-refractivity contribution >= 4 is 14.3 Å². The summed E-state index contributed by atoms with van der Waals surface area (Å²) < 4.78 is 12.2. The molecule has 1 aliphatic rings. The summed E-state index contributed by atoms with van der Waals surface area (Å²) in [5.41, 5.74) is -0.566. The number of hydrogen-bond acceptors (Lipinski definition) is 4. The molecule has 0 spiro atoms. The van der Waals surface area contributed by atoms with Crippen molar-refractivity contribution in [1.29, 1.82) is 0 Å². The van der Waals surface area contributed by atoms with E-state index in [0.29, 0.717) is 0 Å². The Hall–Kier alpha value is -0.393. The molecule has 0 aromatic carbocycles. The number of carbonyl (C=O) groups is 1. The topological polar surface area (TPSA) is 47.6 Å². The van der Waals surface area contributed by atoms with Crippen LogP contribution in [0.5, 0.6) is 0 Å². The average Bonchev–Trinajstić information content (AvgIpc) is 2.89. The molecule has 0 aromatic heterocycles. The van der Waals surface area contributed by atoms with E-state index in [9.17, 15) is 4.79 Å². The molecule has 0 radical (unpaired) electrons. The van der Waals surface area contributed by atoms with E-state index in [1.54, 1.807) is 0 Å². The Bertz CT molecular complexity index is 445. The molecule has 1 rings (SSSR count). The molecule has 5 heteroatoms. The summed E-state index contributed by atoms with van der Waals surface area (Å²) in [5, 5.41) is 3.69. The summed E-state index contributed by atoms with van der Waals surface area (Å²) in [4.78, 5) is 12.9. The van der Waals surface area contributed by atoms with Crippen LogP contribution in [0.3, 0.4) is 0 Å². The smallest absolute Gasteiger partial charge is 0.326 e. The molecule has 1 aliphatic heterocycles. The molecule has 1 saturated heterocycles. The third-order valence-corrected chi connectivity index (χ3v) is 10.5. The Morgan fingerprint density at radius 2 is 1.81 bits per heavy atom. The summed E-state index contributed by atoms with van der Waals surface area (Å²) >= 11 is 0. The molecule has 26 heavy (non-hydrogen) atoms. The molecule has 0 saturated carbocycles. The quantitative estimate of drug-likeness (QED) is 0.310. The van der Waals surface area contributed by atoms with Gasteiger partial charge in [0.2, 0.25) is 0 Å². The number of unbranched alkanes of at least 4 members (excludes halogenated alkanes) is 4. The Balaban J connectivity index is 2.76. The first-order valence-electron chi connectivity index (χ1n) is 10.6. The van der Waals surface area contributed by atoms with Crippen molar-refractivity contribution in [2.24, 2.45) is 0 Å². The van der Waals surface area contributed by atoms with Crippen molar-refractivity contribution in [1.82, 2.24) is 5.32 Å². The van der Waals surface area contributed by atoms with E-state index in [-0.39, 0.29) is 23.2 Å². The highest BCUT2D eigenvalue weighted by Gasteiger charge is 2.49. The van der Waals surface area contributed by atoms with Crippen molar-refractivity contribution in [3.63, 3.8) is 0 Å². The molecule has 1 N–H and O–H groups in total. The number of rotatable bonds is 10. The SMILES string of the molecule is CCCCCCC[C@]1(C(=O)OC(C)C)C[C@@H](O[Si](C)(C)C(C)(C)C)CN1. The number of carbonyl (C=O) groups excluding carboxylic acids is 1. The summed E-state index contributed by atoms with van der Waals surface area (Å²) in [6.07, 6.45) is 7.60. The van der Waals surface area contributed by atoms with Gasteiger partial charge >= 0.3 is 5.97 Å². The highest BCUT2D eigenvalue weighted by Crippen LogP contribution is 2.39. The predicted molar refractivity (Wildman–Crippen MR) is 112 cm³/mol. The van der Waals surface area contributed by atoms with E-state index in [4.69, 9.17) is 9.16 Å². The standard InChI is InChI=1S/C21H43NO3Si/c1-9-10-11-12-13-14-21(19(23)24-17(2)3)15-18(16-22-21)25-26(7,8)20(4,5)6/h17-18,22H,9-16H2,1-8H3/t18-,21-/m1/s1. The fraction of sp³-hybridized carbons (Fsp3) is 0.952. The Kier molecular flexibility index (Phi) is 8.82. The van der Waals surface area contributed by atoms with Gasteiger partial charge in [0.15, 0.2) is 8.32 Å². The van der Waals surface area contributed by atoms with Gasteiger partial charge in [0, 0.05) is 13.0 Å². The average molecular weight is 386 g/mol. The van der Waals surface area contributed by atoms with Gasteiger partial charge in [0.1, 0.15) is 5.54 Å². The second-order valence-electron chi connectivity index (χ2n) is 9.79. The fourth-order valence-corrected chi connectivity index (χ4v) is 4.68. The zero-order valence-electron chi connectivity index (χ0n) is 18.5. The van der Waals surface area contributed by atoms with Crippen LogP contribution >= 0.6 is 0 Å². The van der Waals surface area contributed by atoms with Crippen molar-refractivity contribution < 1.29 is 14.0 Å². The van der Waals surface area contributed by atoms with Gasteiger partial charge in [-0.25, -0.2) is 0 Å². The Morgan fingerprint density at radius 3 is 2.35 bits per heavy atom. The molecule has 0 bridgehead atoms. The number of hydrogen-bond donors (Lipinski definition) is 1. The van der Waals surface area contributed by atoms with Crippen LogP contribution in [-0.2, 0) is 14.0 Å². The summed E-state index contributed by atoms with van der Waals surface area (Å²) in [5.74, 6) is -0.0932. The first kappa shape index (κ1) is 23.6. The minimum Gasteiger partial charge on any atom is -0.462 e. The zero-order chi connectivity index (χ0) is 20.0. The zero-order valence-corrected chi connectivity index (χ0v) is 19.5. The lowest BCUT2D eigenvalue weighted by Gasteiger charge is -2.38. The van der Waals surface area contributed by atoms with E-state index < -0.39 is 13.9 Å². The molecule has 4 nitrogen and oxygen atoms in total. The van der Waals surface area contributed by atoms with Gasteiger partial charge in [-0.3, -0.25) is 10.1 Å². The van der Waals surface area contributed by atoms with Crippen LogP contribution in [0.1, 0.15) is 86.5 Å². The van der Waals surface area contributed by atoms with Gasteiger partial charge in [0.05, 0.1) is 12.2 Å². The predicted octanol–water partition coefficient (Wildman–Crippen LogP) is 5.42. The van der Waals surface area contributed by atoms with Crippen LogP contribution < -0.4 is 5.32 Å². The van der Waals surface area contributed by atoms with Crippen LogP contribution in [0, 0.1) is 0 Å². The largest absolute Gasteiger partial charge is 0.462 e. The van der Waals surface area contributed by atoms with Crippen LogP contribution in [0.15, 0.2) is 0 Å². The maximum Gasteiger partial charge on any atom is 0.326 e. The number of nitrogens with one attached hydrogen (secondary N) is 1. The van der Waals surface area contributed by atoms with Gasteiger partial charge in [-0.1, -0.05) is 59.8 Å². The van der Waals surface area contributed by atoms with E-state index in [0.717, 1.165) is 25.8 Å². The molecule has 1 fully saturated rings. The van der Waals surface area contributed by atoms with Gasteiger partial charge in [0.25, 0.3) is 0 Å². The molecule has 1 heterocycles. The third kappa shape index (κ3) is 6.65. The van der Waals surface area contributed by atoms with Gasteiger partial charge in [-0.2, -0.15) is 0 Å². The fourth-order valence-electron chi connectivity index (χ4n) is 3.32. The van der Waals surface area contributed by atoms with Gasteiger partial charge < -0.3 is 9.16 Å². The molecular formula is C21H43NO3Si. The minimum atomic E-state index is -1.84. The van der Waals surface area contributed by atoms with Crippen molar-refractivity contribution in [3.05, 3.63) is 0 Å². The maximum atomic E-state index is 12.9. The second kappa shape index (κ2) is 9.70. The van der Waals surface area contributed by atoms with Gasteiger partial charge in [-0.05, 0) is 38.4 Å². The van der Waals surface area contributed by atoms with Gasteiger partial charge in [-0.15, -0.1) is 0 Å². The first-order valence-corrected chi connectivity index (χ1v) is 13.5. The summed E-state index contributed by atoms with van der Waals surface area (Å²) in [6, 6.07) is 0. The lowest BCUT2D eigenvalue weighted by Crippen LogP contribution is -2.49. The molecule has 0 amide bonds. The lowest BCUT2D eigenvalue weighted by atomic mass is 9.89. The maximum absolute atomic E-state index is 12.9. The van der Waals surface area contributed by atoms with Crippen LogP contribution in [0.2, 0.25) is 18.1 Å². The normalized spacial score (nSPS) is 24.3. The lowest BCUT2D eigenvalue weighted by molar-refractivity contribution is -0.155. The van der Waals surface area contributed by atoms with E-state index in [1.807, 2.05) is 13.8 Å². The molecule has 2 atom stereocenters. The van der Waals surface area contributed by atoms with Crippen molar-refractivity contribution in [2.75, 3.05) is 6.54 Å². The third-order valence-electron chi connectivity index (χ3n) is 5.95. The molecular weight excluding hydrogens is 342 g/mol. The van der Waals surface area contributed by atoms with Crippen LogP contribution in [-0.4, -0.2) is 38.6 Å². The van der Waals surface area contributed by atoms with E-state index in [1.165, 1.54) is 25.7 Å². The van der Waals surface area contributed by atoms with E-state index >= 15 is 0 Å². The second-order valence-corrected chi connectivity index (χ2v) is 14.5. The molecule has 154 valence electrons. The monoisotopic (exact) mass is 385 g/mol. The summed E-state index contributed by atoms with van der Waals surface area (Å²) in [6.45, 7) is 18.2. The highest BCUT2D eigenvalue weighted by atomic mass is 28.4. The molecule has 0 aliphatic carbocycles. The van der Waals surface area contributed by atoms with E-state index in [2.05, 4.69) is 46.1 Å². The molecule has 0 unspecified atom stereocenters. The number of esters is 1. The highest BCUT2D eigenvalue weighted by molar-refractivity contribution is 6.74.